The van der Waals surface area contributed by atoms with Gasteiger partial charge in [-0.15, -0.1) is 0 Å². The summed E-state index contributed by atoms with van der Waals surface area (Å²) in [5.41, 5.74) is 0. The zero-order chi connectivity index (χ0) is 25.6. The second-order valence-electron chi connectivity index (χ2n) is 6.18. The van der Waals surface area contributed by atoms with Crippen LogP contribution in [0.25, 0.3) is 0 Å². The molecule has 0 saturated heterocycles. The molecule has 0 aromatic carbocycles. The lowest BCUT2D eigenvalue weighted by Crippen LogP contribution is -1.96. The summed E-state index contributed by atoms with van der Waals surface area (Å²) in [4.78, 5) is 0. The van der Waals surface area contributed by atoms with Crippen molar-refractivity contribution < 1.29 is 26.3 Å². The average molecular weight is 517 g/mol. The van der Waals surface area contributed by atoms with Gasteiger partial charge in [0, 0.05) is 52.5 Å². The fraction of sp³-hybridized carbons (Fsp3) is 1.00. The number of sulfone groups is 2. The fourth-order valence-corrected chi connectivity index (χ4v) is 0.526. The number of rotatable bonds is 4. The number of hydrogen-bond donors (Lipinski definition) is 0. The van der Waals surface area contributed by atoms with Crippen LogP contribution in [0.3, 0.4) is 0 Å². The molecule has 6 nitrogen and oxygen atoms in total. The van der Waals surface area contributed by atoms with Gasteiger partial charge in [0.25, 0.3) is 0 Å². The average Bonchev–Trinajstić information content (AvgIpc) is 3.46. The van der Waals surface area contributed by atoms with Crippen molar-refractivity contribution in [1.29, 1.82) is 0 Å². The van der Waals surface area contributed by atoms with Crippen LogP contribution >= 0.6 is 23.5 Å². The zero-order valence-electron chi connectivity index (χ0n) is 21.9. The smallest absolute Gasteiger partial charge is 0.147 e. The molecule has 1 fully saturated rings. The van der Waals surface area contributed by atoms with Crippen molar-refractivity contribution in [2.24, 2.45) is 5.92 Å². The summed E-state index contributed by atoms with van der Waals surface area (Å²) in [5, 5.41) is 0. The molecule has 0 aliphatic heterocycles. The van der Waals surface area contributed by atoms with Crippen molar-refractivity contribution in [3.05, 3.63) is 0 Å². The van der Waals surface area contributed by atoms with Crippen molar-refractivity contribution >= 4 is 43.2 Å². The second-order valence-corrected chi connectivity index (χ2v) is 12.9. The summed E-state index contributed by atoms with van der Waals surface area (Å²) in [6.45, 7) is 8.80. The van der Waals surface area contributed by atoms with Crippen LogP contribution in [-0.2, 0) is 29.1 Å². The minimum Gasteiger partial charge on any atom is -0.388 e. The van der Waals surface area contributed by atoms with Gasteiger partial charge in [-0.3, -0.25) is 0 Å². The SMILES string of the molecule is CCC1CC1.CCOC.CCS(C)(=O)=O.CCSC.COC.CS(C)(=O)=O.CSC. The maximum absolute atomic E-state index is 10.0. The summed E-state index contributed by atoms with van der Waals surface area (Å²) in [6, 6.07) is 0. The van der Waals surface area contributed by atoms with Gasteiger partial charge in [-0.2, -0.15) is 23.5 Å². The third kappa shape index (κ3) is 195. The minimum atomic E-state index is -2.67. The molecule has 0 heterocycles. The van der Waals surface area contributed by atoms with E-state index in [1.807, 2.05) is 31.2 Å². The third-order valence-corrected chi connectivity index (χ3v) is 4.00. The molecular formula is C20H52O6S4. The quantitative estimate of drug-likeness (QED) is 0.527. The topological polar surface area (TPSA) is 86.7 Å². The molecule has 30 heavy (non-hydrogen) atoms. The van der Waals surface area contributed by atoms with E-state index in [2.05, 4.69) is 29.6 Å². The zero-order valence-corrected chi connectivity index (χ0v) is 25.2. The van der Waals surface area contributed by atoms with Crippen LogP contribution in [0.5, 0.6) is 0 Å². The maximum atomic E-state index is 10.0. The van der Waals surface area contributed by atoms with E-state index in [1.54, 1.807) is 40.0 Å². The van der Waals surface area contributed by atoms with Gasteiger partial charge in [0.05, 0.1) is 0 Å². The van der Waals surface area contributed by atoms with Gasteiger partial charge in [0.1, 0.15) is 19.7 Å². The van der Waals surface area contributed by atoms with Gasteiger partial charge in [-0.1, -0.05) is 40.0 Å². The van der Waals surface area contributed by atoms with E-state index in [0.29, 0.717) is 0 Å². The molecule has 10 heteroatoms. The van der Waals surface area contributed by atoms with Gasteiger partial charge in [-0.25, -0.2) is 16.8 Å². The molecule has 1 rings (SSSR count). The lowest BCUT2D eigenvalue weighted by molar-refractivity contribution is 0.215. The van der Waals surface area contributed by atoms with E-state index in [9.17, 15) is 16.8 Å². The van der Waals surface area contributed by atoms with Crippen LogP contribution in [0.1, 0.15) is 47.0 Å². The van der Waals surface area contributed by atoms with Crippen molar-refractivity contribution in [2.45, 2.75) is 47.0 Å². The van der Waals surface area contributed by atoms with Crippen LogP contribution < -0.4 is 0 Å². The predicted molar refractivity (Wildman–Crippen MR) is 143 cm³/mol. The van der Waals surface area contributed by atoms with Crippen LogP contribution in [0.15, 0.2) is 0 Å². The lowest BCUT2D eigenvalue weighted by atomic mass is 10.3. The van der Waals surface area contributed by atoms with Gasteiger partial charge in [-0.05, 0) is 37.4 Å². The molecule has 0 spiro atoms. The van der Waals surface area contributed by atoms with E-state index in [1.165, 1.54) is 31.3 Å². The van der Waals surface area contributed by atoms with Crippen LogP contribution in [0, 0.1) is 5.92 Å². The van der Waals surface area contributed by atoms with Gasteiger partial charge in [0.2, 0.25) is 0 Å². The van der Waals surface area contributed by atoms with Crippen molar-refractivity contribution in [3.63, 3.8) is 0 Å². The molecule has 0 atom stereocenters. The number of hydrogen-bond acceptors (Lipinski definition) is 8. The summed E-state index contributed by atoms with van der Waals surface area (Å²) in [7, 11) is -0.398. The number of thioether (sulfide) groups is 2. The molecule has 0 bridgehead atoms. The molecule has 0 unspecified atom stereocenters. The van der Waals surface area contributed by atoms with E-state index < -0.39 is 19.7 Å². The molecule has 0 N–H and O–H groups in total. The highest BCUT2D eigenvalue weighted by atomic mass is 32.2. The standard InChI is InChI=1S/C5H10.C3H8O2S.C3H8O.C3H8S.C2H6O2S.C2H6O.C2H6S/c1-2-5-3-4-5;1-3-6(2,4)5;2*1-3-4-2;1-5(2,3)4;2*1-3-2/h5H,2-4H2,1H3;3H2,1-2H3;2*3H2,1-2H3;1-2H3;2*1-2H3. The Bertz CT molecular complexity index is 430. The summed E-state index contributed by atoms with van der Waals surface area (Å²) < 4.78 is 48.1. The normalized spacial score (nSPS) is 11.4. The molecule has 1 aliphatic carbocycles. The highest BCUT2D eigenvalue weighted by Gasteiger charge is 2.17. The molecule has 0 amide bonds. The summed E-state index contributed by atoms with van der Waals surface area (Å²) >= 11 is 3.61. The Morgan fingerprint density at radius 2 is 1.03 bits per heavy atom. The summed E-state index contributed by atoms with van der Waals surface area (Å²) in [6.07, 6.45) is 14.2. The Morgan fingerprint density at radius 3 is 1.03 bits per heavy atom. The van der Waals surface area contributed by atoms with Crippen LogP contribution in [0.4, 0.5) is 0 Å². The van der Waals surface area contributed by atoms with E-state index in [-0.39, 0.29) is 5.75 Å². The monoisotopic (exact) mass is 516 g/mol. The highest BCUT2D eigenvalue weighted by molar-refractivity contribution is 7.98. The fourth-order valence-electron chi connectivity index (χ4n) is 0.526. The largest absolute Gasteiger partial charge is 0.388 e. The van der Waals surface area contributed by atoms with Crippen LogP contribution in [-0.4, -0.2) is 93.8 Å². The predicted octanol–water partition coefficient (Wildman–Crippen LogP) is 4.78. The number of methoxy groups -OCH3 is 2. The first-order valence-electron chi connectivity index (χ1n) is 9.76. The van der Waals surface area contributed by atoms with Crippen LogP contribution in [0.2, 0.25) is 0 Å². The van der Waals surface area contributed by atoms with Crippen molar-refractivity contribution in [2.75, 3.05) is 77.0 Å². The molecule has 1 saturated carbocycles. The Kier molecular flexibility index (Phi) is 54.4. The Labute approximate surface area is 198 Å². The molecule has 0 aromatic heterocycles. The van der Waals surface area contributed by atoms with Crippen molar-refractivity contribution in [3.8, 4) is 0 Å². The van der Waals surface area contributed by atoms with Gasteiger partial charge in [0.15, 0.2) is 0 Å². The highest BCUT2D eigenvalue weighted by Crippen LogP contribution is 2.31. The van der Waals surface area contributed by atoms with E-state index in [0.717, 1.165) is 25.0 Å². The summed E-state index contributed by atoms with van der Waals surface area (Å²) in [5.74, 6) is 2.61. The molecule has 0 radical (unpaired) electrons. The first kappa shape index (κ1) is 44.2. The van der Waals surface area contributed by atoms with Crippen molar-refractivity contribution in [1.82, 2.24) is 0 Å². The second kappa shape index (κ2) is 36.9. The minimum absolute atomic E-state index is 0.243. The molecular weight excluding hydrogens is 464 g/mol. The van der Waals surface area contributed by atoms with E-state index in [4.69, 9.17) is 0 Å². The first-order valence-corrected chi connectivity index (χ1v) is 17.1. The first-order chi connectivity index (χ1) is 13.6. The third-order valence-electron chi connectivity index (χ3n) is 2.38. The van der Waals surface area contributed by atoms with Gasteiger partial charge < -0.3 is 9.47 Å². The Balaban J connectivity index is -0.0000000568. The number of ether oxygens (including phenoxy) is 2. The van der Waals surface area contributed by atoms with E-state index >= 15 is 0 Å². The maximum Gasteiger partial charge on any atom is 0.147 e. The lowest BCUT2D eigenvalue weighted by Gasteiger charge is -1.81. The molecule has 0 aromatic rings. The molecule has 192 valence electrons. The molecule has 1 aliphatic rings. The Hall–Kier alpha value is 0.520. The van der Waals surface area contributed by atoms with Gasteiger partial charge >= 0.3 is 0 Å². The Morgan fingerprint density at radius 1 is 0.833 bits per heavy atom.